The Morgan fingerprint density at radius 1 is 1.08 bits per heavy atom. The monoisotopic (exact) mass is 332 g/mol. The van der Waals surface area contributed by atoms with E-state index in [-0.39, 0.29) is 17.1 Å². The highest BCUT2D eigenvalue weighted by Gasteiger charge is 2.17. The molecule has 0 fully saturated rings. The number of carbonyl (C=O) groups is 1. The van der Waals surface area contributed by atoms with Gasteiger partial charge in [-0.25, -0.2) is 0 Å². The van der Waals surface area contributed by atoms with Gasteiger partial charge in [-0.3, -0.25) is 34.4 Å². The Bertz CT molecular complexity index is 872. The molecule has 24 heavy (non-hydrogen) atoms. The normalized spacial score (nSPS) is 10.2. The largest absolute Gasteiger partial charge is 0.325 e. The van der Waals surface area contributed by atoms with Crippen LogP contribution in [0.3, 0.4) is 0 Å². The van der Waals surface area contributed by atoms with E-state index in [0.717, 1.165) is 16.7 Å². The van der Waals surface area contributed by atoms with Gasteiger partial charge in [-0.2, -0.15) is 0 Å². The summed E-state index contributed by atoms with van der Waals surface area (Å²) in [7, 11) is 0. The molecule has 0 saturated heterocycles. The first-order valence-corrected chi connectivity index (χ1v) is 6.68. The summed E-state index contributed by atoms with van der Waals surface area (Å²) in [5, 5.41) is 23.9. The molecule has 2 aromatic rings. The van der Waals surface area contributed by atoms with Gasteiger partial charge < -0.3 is 5.32 Å². The Kier molecular flexibility index (Phi) is 4.68. The molecule has 0 radical (unpaired) electrons. The fraction of sp³-hybridized carbons (Fsp3) is 0.143. The smallest absolute Gasteiger partial charge is 0.288 e. The second-order valence-corrected chi connectivity index (χ2v) is 4.84. The number of pyridine rings is 1. The van der Waals surface area contributed by atoms with Gasteiger partial charge >= 0.3 is 0 Å². The number of benzene rings is 1. The van der Waals surface area contributed by atoms with Gasteiger partial charge in [0.05, 0.1) is 15.5 Å². The van der Waals surface area contributed by atoms with E-state index in [1.807, 2.05) is 0 Å². The van der Waals surface area contributed by atoms with Gasteiger partial charge in [0.15, 0.2) is 0 Å². The molecule has 0 bridgehead atoms. The number of aromatic nitrogens is 1. The molecule has 0 aliphatic heterocycles. The van der Waals surface area contributed by atoms with Crippen LogP contribution in [-0.4, -0.2) is 20.3 Å². The molecule has 1 amide bonds. The van der Waals surface area contributed by atoms with Crippen LogP contribution in [0.25, 0.3) is 0 Å². The van der Waals surface area contributed by atoms with E-state index in [4.69, 9.17) is 0 Å². The van der Waals surface area contributed by atoms with E-state index in [2.05, 4.69) is 5.32 Å². The molecule has 2 rings (SSSR count). The molecule has 10 nitrogen and oxygen atoms in total. The molecule has 0 spiro atoms. The highest BCUT2D eigenvalue weighted by molar-refractivity contribution is 5.90. The van der Waals surface area contributed by atoms with Gasteiger partial charge in [-0.1, -0.05) is 0 Å². The van der Waals surface area contributed by atoms with Crippen molar-refractivity contribution in [2.24, 2.45) is 0 Å². The average Bonchev–Trinajstić information content (AvgIpc) is 2.51. The molecule has 0 saturated carbocycles. The van der Waals surface area contributed by atoms with E-state index in [9.17, 15) is 29.8 Å². The van der Waals surface area contributed by atoms with Crippen LogP contribution in [0.1, 0.15) is 5.69 Å². The standard InChI is InChI=1S/C14H12N4O6/c1-9-12(18(23)24)6-7-14(20)16(9)8-13(19)15-10-2-4-11(5-3-10)17(21)22/h2-7H,8H2,1H3,(H,15,19). The van der Waals surface area contributed by atoms with E-state index in [1.54, 1.807) is 0 Å². The van der Waals surface area contributed by atoms with Crippen molar-refractivity contribution < 1.29 is 14.6 Å². The molecule has 1 aromatic heterocycles. The van der Waals surface area contributed by atoms with E-state index in [1.165, 1.54) is 31.2 Å². The Labute approximate surface area is 134 Å². The number of hydrogen-bond donors (Lipinski definition) is 1. The lowest BCUT2D eigenvalue weighted by atomic mass is 10.2. The summed E-state index contributed by atoms with van der Waals surface area (Å²) in [5.41, 5.74) is -0.568. The van der Waals surface area contributed by atoms with E-state index < -0.39 is 27.9 Å². The number of hydrogen-bond acceptors (Lipinski definition) is 6. The van der Waals surface area contributed by atoms with Crippen molar-refractivity contribution in [1.82, 2.24) is 4.57 Å². The maximum absolute atomic E-state index is 12.0. The Morgan fingerprint density at radius 2 is 1.71 bits per heavy atom. The maximum Gasteiger partial charge on any atom is 0.288 e. The molecular weight excluding hydrogens is 320 g/mol. The third-order valence-electron chi connectivity index (χ3n) is 3.29. The van der Waals surface area contributed by atoms with Crippen LogP contribution < -0.4 is 10.9 Å². The van der Waals surface area contributed by atoms with Crippen LogP contribution in [0.5, 0.6) is 0 Å². The molecule has 0 aliphatic rings. The van der Waals surface area contributed by atoms with E-state index in [0.29, 0.717) is 5.69 Å². The van der Waals surface area contributed by atoms with Crippen molar-refractivity contribution in [3.05, 3.63) is 72.7 Å². The second-order valence-electron chi connectivity index (χ2n) is 4.84. The van der Waals surface area contributed by atoms with Gasteiger partial charge in [0, 0.05) is 30.0 Å². The van der Waals surface area contributed by atoms with Gasteiger partial charge in [0.1, 0.15) is 6.54 Å². The molecular formula is C14H12N4O6. The molecule has 1 aromatic carbocycles. The number of nitrogens with one attached hydrogen (secondary N) is 1. The van der Waals surface area contributed by atoms with Crippen molar-refractivity contribution >= 4 is 23.0 Å². The zero-order valence-electron chi connectivity index (χ0n) is 12.5. The number of anilines is 1. The zero-order chi connectivity index (χ0) is 17.9. The highest BCUT2D eigenvalue weighted by Crippen LogP contribution is 2.16. The van der Waals surface area contributed by atoms with Crippen LogP contribution in [0.2, 0.25) is 0 Å². The third-order valence-corrected chi connectivity index (χ3v) is 3.29. The van der Waals surface area contributed by atoms with Crippen molar-refractivity contribution in [1.29, 1.82) is 0 Å². The Balaban J connectivity index is 2.18. The van der Waals surface area contributed by atoms with Crippen LogP contribution in [0, 0.1) is 27.2 Å². The van der Waals surface area contributed by atoms with Crippen molar-refractivity contribution in [2.75, 3.05) is 5.32 Å². The average molecular weight is 332 g/mol. The quantitative estimate of drug-likeness (QED) is 0.652. The summed E-state index contributed by atoms with van der Waals surface area (Å²) in [4.78, 5) is 44.1. The molecule has 1 heterocycles. The first-order valence-electron chi connectivity index (χ1n) is 6.68. The first-order chi connectivity index (χ1) is 11.3. The summed E-state index contributed by atoms with van der Waals surface area (Å²) in [6.07, 6.45) is 0. The molecule has 124 valence electrons. The summed E-state index contributed by atoms with van der Waals surface area (Å²) < 4.78 is 0.985. The zero-order valence-corrected chi connectivity index (χ0v) is 12.5. The SMILES string of the molecule is Cc1c([N+](=O)[O-])ccc(=O)n1CC(=O)Nc1ccc([N+](=O)[O-])cc1. The minimum Gasteiger partial charge on any atom is -0.325 e. The minimum atomic E-state index is -0.639. The van der Waals surface area contributed by atoms with Crippen LogP contribution in [-0.2, 0) is 11.3 Å². The Hall–Kier alpha value is -3.56. The van der Waals surface area contributed by atoms with Crippen LogP contribution in [0.15, 0.2) is 41.2 Å². The fourth-order valence-corrected chi connectivity index (χ4v) is 2.06. The summed E-state index contributed by atoms with van der Waals surface area (Å²) in [6.45, 7) is 0.960. The van der Waals surface area contributed by atoms with Crippen LogP contribution in [0.4, 0.5) is 17.1 Å². The summed E-state index contributed by atoms with van der Waals surface area (Å²) in [5.74, 6) is -0.588. The predicted octanol–water partition coefficient (Wildman–Crippen LogP) is 1.61. The molecule has 10 heteroatoms. The van der Waals surface area contributed by atoms with Gasteiger partial charge in [0.25, 0.3) is 16.9 Å². The number of carbonyl (C=O) groups excluding carboxylic acids is 1. The van der Waals surface area contributed by atoms with E-state index >= 15 is 0 Å². The predicted molar refractivity (Wildman–Crippen MR) is 83.8 cm³/mol. The highest BCUT2D eigenvalue weighted by atomic mass is 16.6. The minimum absolute atomic E-state index is 0.0614. The van der Waals surface area contributed by atoms with Crippen LogP contribution >= 0.6 is 0 Å². The summed E-state index contributed by atoms with van der Waals surface area (Å²) >= 11 is 0. The number of nitro groups is 2. The Morgan fingerprint density at radius 3 is 2.25 bits per heavy atom. The van der Waals surface area contributed by atoms with Crippen molar-refractivity contribution in [2.45, 2.75) is 13.5 Å². The number of rotatable bonds is 5. The first kappa shape index (κ1) is 16.8. The third kappa shape index (κ3) is 3.61. The lowest BCUT2D eigenvalue weighted by molar-refractivity contribution is -0.386. The lowest BCUT2D eigenvalue weighted by Gasteiger charge is -2.10. The fourth-order valence-electron chi connectivity index (χ4n) is 2.06. The topological polar surface area (TPSA) is 137 Å². The molecule has 1 N–H and O–H groups in total. The number of nitro benzene ring substituents is 1. The van der Waals surface area contributed by atoms with Gasteiger partial charge in [-0.05, 0) is 19.1 Å². The molecule has 0 unspecified atom stereocenters. The summed E-state index contributed by atoms with van der Waals surface area (Å²) in [6, 6.07) is 7.24. The van der Waals surface area contributed by atoms with Crippen molar-refractivity contribution in [3.8, 4) is 0 Å². The number of nitrogens with zero attached hydrogens (tertiary/aromatic N) is 3. The van der Waals surface area contributed by atoms with Gasteiger partial charge in [-0.15, -0.1) is 0 Å². The second kappa shape index (κ2) is 6.69. The molecule has 0 atom stereocenters. The van der Waals surface area contributed by atoms with Gasteiger partial charge in [0.2, 0.25) is 5.91 Å². The molecule has 0 aliphatic carbocycles. The number of amides is 1. The number of non-ortho nitro benzene ring substituents is 1. The van der Waals surface area contributed by atoms with Crippen molar-refractivity contribution in [3.63, 3.8) is 0 Å². The maximum atomic E-state index is 12.0. The lowest BCUT2D eigenvalue weighted by Crippen LogP contribution is -2.29.